The fourth-order valence-corrected chi connectivity index (χ4v) is 2.39. The first kappa shape index (κ1) is 15.8. The molecule has 1 aromatic heterocycles. The van der Waals surface area contributed by atoms with Crippen LogP contribution in [0.5, 0.6) is 5.75 Å². The number of aromatic amines is 1. The van der Waals surface area contributed by atoms with Gasteiger partial charge >= 0.3 is 0 Å². The van der Waals surface area contributed by atoms with E-state index in [4.69, 9.17) is 4.74 Å². The molecule has 0 unspecified atom stereocenters. The van der Waals surface area contributed by atoms with Crippen LogP contribution in [0.25, 0.3) is 10.9 Å². The Morgan fingerprint density at radius 3 is 2.67 bits per heavy atom. The van der Waals surface area contributed by atoms with E-state index < -0.39 is 0 Å². The van der Waals surface area contributed by atoms with Gasteiger partial charge in [-0.1, -0.05) is 29.8 Å². The van der Waals surface area contributed by atoms with Crippen LogP contribution in [0.2, 0.25) is 0 Å². The number of H-pyrrole nitrogens is 1. The summed E-state index contributed by atoms with van der Waals surface area (Å²) in [5, 5.41) is 3.71. The van der Waals surface area contributed by atoms with E-state index in [1.165, 1.54) is 6.07 Å². The summed E-state index contributed by atoms with van der Waals surface area (Å²) >= 11 is 0. The van der Waals surface area contributed by atoms with Crippen molar-refractivity contribution in [1.82, 2.24) is 4.98 Å². The number of benzene rings is 2. The zero-order valence-electron chi connectivity index (χ0n) is 13.3. The molecule has 3 rings (SSSR count). The van der Waals surface area contributed by atoms with E-state index in [0.717, 1.165) is 16.6 Å². The molecule has 0 atom stereocenters. The fraction of sp³-hybridized carbons (Fsp3) is 0.158. The van der Waals surface area contributed by atoms with Gasteiger partial charge in [0.15, 0.2) is 0 Å². The van der Waals surface area contributed by atoms with Gasteiger partial charge in [0, 0.05) is 17.1 Å². The second kappa shape index (κ2) is 7.00. The Morgan fingerprint density at radius 2 is 1.88 bits per heavy atom. The van der Waals surface area contributed by atoms with Crippen molar-refractivity contribution in [3.05, 3.63) is 70.5 Å². The van der Waals surface area contributed by atoms with E-state index in [0.29, 0.717) is 11.3 Å². The highest BCUT2D eigenvalue weighted by atomic mass is 16.5. The third-order valence-corrected chi connectivity index (χ3v) is 3.64. The van der Waals surface area contributed by atoms with E-state index in [9.17, 15) is 9.59 Å². The van der Waals surface area contributed by atoms with E-state index in [1.54, 1.807) is 12.1 Å². The Hall–Kier alpha value is -3.08. The molecule has 0 aliphatic rings. The van der Waals surface area contributed by atoms with Crippen LogP contribution in [0.15, 0.2) is 59.4 Å². The maximum absolute atomic E-state index is 12.0. The second-order valence-electron chi connectivity index (χ2n) is 5.56. The lowest BCUT2D eigenvalue weighted by Crippen LogP contribution is -2.15. The molecule has 1 amide bonds. The van der Waals surface area contributed by atoms with Gasteiger partial charge in [-0.2, -0.15) is 0 Å². The molecule has 3 aromatic rings. The van der Waals surface area contributed by atoms with Crippen molar-refractivity contribution < 1.29 is 9.53 Å². The van der Waals surface area contributed by atoms with Gasteiger partial charge in [-0.25, -0.2) is 0 Å². The van der Waals surface area contributed by atoms with Gasteiger partial charge in [-0.3, -0.25) is 9.59 Å². The number of hydrogen-bond donors (Lipinski definition) is 2. The number of aryl methyl sites for hydroxylation is 1. The Balaban J connectivity index is 1.60. The van der Waals surface area contributed by atoms with Crippen molar-refractivity contribution >= 4 is 22.5 Å². The molecule has 2 aromatic carbocycles. The van der Waals surface area contributed by atoms with Gasteiger partial charge in [0.05, 0.1) is 18.5 Å². The van der Waals surface area contributed by atoms with Crippen molar-refractivity contribution in [3.8, 4) is 5.75 Å². The van der Waals surface area contributed by atoms with E-state index in [-0.39, 0.29) is 24.5 Å². The normalized spacial score (nSPS) is 10.5. The number of hydrogen-bond acceptors (Lipinski definition) is 3. The molecular formula is C19H18N2O3. The summed E-state index contributed by atoms with van der Waals surface area (Å²) in [6.45, 7) is 2.22. The number of para-hydroxylation sites is 1. The minimum absolute atomic E-state index is 0.118. The predicted octanol–water partition coefficient (Wildman–Crippen LogP) is 3.24. The Labute approximate surface area is 139 Å². The van der Waals surface area contributed by atoms with E-state index >= 15 is 0 Å². The van der Waals surface area contributed by atoms with Crippen molar-refractivity contribution in [1.29, 1.82) is 0 Å². The number of amides is 1. The van der Waals surface area contributed by atoms with Gasteiger partial charge in [0.1, 0.15) is 5.75 Å². The van der Waals surface area contributed by atoms with Crippen LogP contribution in [0.3, 0.4) is 0 Å². The fourth-order valence-electron chi connectivity index (χ4n) is 2.39. The molecule has 0 saturated heterocycles. The highest BCUT2D eigenvalue weighted by Gasteiger charge is 2.06. The monoisotopic (exact) mass is 322 g/mol. The lowest BCUT2D eigenvalue weighted by Gasteiger charge is -2.09. The largest absolute Gasteiger partial charge is 0.491 e. The number of anilines is 1. The summed E-state index contributed by atoms with van der Waals surface area (Å²) < 4.78 is 5.67. The molecule has 0 spiro atoms. The summed E-state index contributed by atoms with van der Waals surface area (Å²) in [6.07, 6.45) is 0.224. The number of rotatable bonds is 5. The quantitative estimate of drug-likeness (QED) is 0.757. The van der Waals surface area contributed by atoms with Crippen molar-refractivity contribution in [3.63, 3.8) is 0 Å². The van der Waals surface area contributed by atoms with Crippen molar-refractivity contribution in [2.45, 2.75) is 13.3 Å². The third kappa shape index (κ3) is 3.81. The maximum Gasteiger partial charge on any atom is 0.248 e. The number of pyridine rings is 1. The summed E-state index contributed by atoms with van der Waals surface area (Å²) in [4.78, 5) is 26.2. The number of aromatic nitrogens is 1. The molecule has 0 saturated carbocycles. The molecule has 2 N–H and O–H groups in total. The summed E-state index contributed by atoms with van der Waals surface area (Å²) in [6, 6.07) is 16.3. The molecule has 0 aliphatic carbocycles. The van der Waals surface area contributed by atoms with Crippen LogP contribution in [0.4, 0.5) is 5.69 Å². The molecule has 0 aliphatic heterocycles. The van der Waals surface area contributed by atoms with E-state index in [1.807, 2.05) is 43.3 Å². The standard InChI is InChI=1S/C19H18N2O3/c1-13-5-8-15(9-6-13)20-18(23)11-12-24-16-4-2-3-14-7-10-17(22)21-19(14)16/h2-10H,11-12H2,1H3,(H,20,23)(H,21,22). The third-order valence-electron chi connectivity index (χ3n) is 3.64. The first-order chi connectivity index (χ1) is 11.6. The molecule has 24 heavy (non-hydrogen) atoms. The smallest absolute Gasteiger partial charge is 0.248 e. The van der Waals surface area contributed by atoms with Crippen LogP contribution < -0.4 is 15.6 Å². The lowest BCUT2D eigenvalue weighted by molar-refractivity contribution is -0.116. The Bertz CT molecular complexity index is 914. The van der Waals surface area contributed by atoms with Crippen molar-refractivity contribution in [2.75, 3.05) is 11.9 Å². The Morgan fingerprint density at radius 1 is 1.08 bits per heavy atom. The minimum atomic E-state index is -0.185. The number of fused-ring (bicyclic) bond motifs is 1. The summed E-state index contributed by atoms with van der Waals surface area (Å²) in [5.74, 6) is 0.445. The van der Waals surface area contributed by atoms with Crippen LogP contribution in [0, 0.1) is 6.92 Å². The lowest BCUT2D eigenvalue weighted by atomic mass is 10.2. The van der Waals surface area contributed by atoms with Gasteiger partial charge in [-0.15, -0.1) is 0 Å². The molecule has 5 nitrogen and oxygen atoms in total. The van der Waals surface area contributed by atoms with E-state index in [2.05, 4.69) is 10.3 Å². The molecular weight excluding hydrogens is 304 g/mol. The first-order valence-corrected chi connectivity index (χ1v) is 7.73. The summed E-state index contributed by atoms with van der Waals surface area (Å²) in [7, 11) is 0. The summed E-state index contributed by atoms with van der Waals surface area (Å²) in [5.41, 5.74) is 2.36. The average Bonchev–Trinajstić information content (AvgIpc) is 2.57. The SMILES string of the molecule is Cc1ccc(NC(=O)CCOc2cccc3ccc(=O)[nH]c23)cc1. The number of ether oxygens (including phenoxy) is 1. The van der Waals surface area contributed by atoms with Crippen LogP contribution in [0.1, 0.15) is 12.0 Å². The highest BCUT2D eigenvalue weighted by Crippen LogP contribution is 2.22. The topological polar surface area (TPSA) is 71.2 Å². The number of nitrogens with one attached hydrogen (secondary N) is 2. The van der Waals surface area contributed by atoms with Crippen LogP contribution in [-0.2, 0) is 4.79 Å². The number of carbonyl (C=O) groups excluding carboxylic acids is 1. The van der Waals surface area contributed by atoms with Crippen molar-refractivity contribution in [2.24, 2.45) is 0 Å². The zero-order valence-corrected chi connectivity index (χ0v) is 13.3. The minimum Gasteiger partial charge on any atom is -0.491 e. The van der Waals surface area contributed by atoms with Crippen LogP contribution in [-0.4, -0.2) is 17.5 Å². The van der Waals surface area contributed by atoms with Gasteiger partial charge in [-0.05, 0) is 31.2 Å². The van der Waals surface area contributed by atoms with Gasteiger partial charge in [0.25, 0.3) is 0 Å². The number of carbonyl (C=O) groups is 1. The zero-order chi connectivity index (χ0) is 16.9. The first-order valence-electron chi connectivity index (χ1n) is 7.73. The average molecular weight is 322 g/mol. The molecule has 0 fully saturated rings. The highest BCUT2D eigenvalue weighted by molar-refractivity contribution is 5.90. The van der Waals surface area contributed by atoms with Crippen LogP contribution >= 0.6 is 0 Å². The second-order valence-corrected chi connectivity index (χ2v) is 5.56. The van der Waals surface area contributed by atoms with Gasteiger partial charge in [0.2, 0.25) is 11.5 Å². The Kier molecular flexibility index (Phi) is 4.61. The maximum atomic E-state index is 12.0. The molecule has 0 bridgehead atoms. The molecule has 1 heterocycles. The van der Waals surface area contributed by atoms with Gasteiger partial charge < -0.3 is 15.0 Å². The molecule has 5 heteroatoms. The predicted molar refractivity (Wildman–Crippen MR) is 94.5 cm³/mol. The molecule has 122 valence electrons. The molecule has 0 radical (unpaired) electrons.